The lowest BCUT2D eigenvalue weighted by Gasteiger charge is -2.25. The van der Waals surface area contributed by atoms with Gasteiger partial charge in [-0.3, -0.25) is 19.7 Å². The summed E-state index contributed by atoms with van der Waals surface area (Å²) in [7, 11) is 0. The van der Waals surface area contributed by atoms with Gasteiger partial charge < -0.3 is 10.1 Å². The number of benzene rings is 2. The molecule has 0 bridgehead atoms. The Labute approximate surface area is 156 Å². The molecule has 1 fully saturated rings. The van der Waals surface area contributed by atoms with Gasteiger partial charge in [0.25, 0.3) is 0 Å². The predicted molar refractivity (Wildman–Crippen MR) is 99.3 cm³/mol. The fourth-order valence-electron chi connectivity index (χ4n) is 3.62. The number of hydrogen-bond acceptors (Lipinski definition) is 4. The number of rotatable bonds is 4. The molecule has 2 aromatic rings. The second kappa shape index (κ2) is 7.23. The molecule has 2 heterocycles. The molecule has 0 saturated carbocycles. The summed E-state index contributed by atoms with van der Waals surface area (Å²) in [5.41, 5.74) is 2.58. The maximum Gasteiger partial charge on any atom is 0.232 e. The van der Waals surface area contributed by atoms with Crippen LogP contribution in [0.1, 0.15) is 29.9 Å². The normalized spacial score (nSPS) is 21.2. The molecule has 2 aliphatic rings. The van der Waals surface area contributed by atoms with Crippen molar-refractivity contribution in [2.24, 2.45) is 5.92 Å². The minimum atomic E-state index is -0.309. The van der Waals surface area contributed by atoms with Crippen LogP contribution in [0.25, 0.3) is 0 Å². The number of carbonyl (C=O) groups is 3. The van der Waals surface area contributed by atoms with Gasteiger partial charge in [-0.2, -0.15) is 0 Å². The third kappa shape index (κ3) is 3.69. The predicted octanol–water partition coefficient (Wildman–Crippen LogP) is 2.40. The minimum Gasteiger partial charge on any atom is -0.493 e. The third-order valence-electron chi connectivity index (χ3n) is 5.04. The second-order valence-electron chi connectivity index (χ2n) is 6.93. The zero-order valence-electron chi connectivity index (χ0n) is 14.7. The van der Waals surface area contributed by atoms with Crippen molar-refractivity contribution in [2.45, 2.75) is 25.2 Å². The first-order valence-corrected chi connectivity index (χ1v) is 9.05. The Kier molecular flexibility index (Phi) is 4.62. The molecule has 27 heavy (non-hydrogen) atoms. The quantitative estimate of drug-likeness (QED) is 0.816. The minimum absolute atomic E-state index is 0.0562. The maximum atomic E-state index is 12.7. The number of para-hydroxylation sites is 1. The van der Waals surface area contributed by atoms with Crippen LogP contribution in [0.4, 0.5) is 5.69 Å². The van der Waals surface area contributed by atoms with Gasteiger partial charge in [0.15, 0.2) is 0 Å². The fraction of sp³-hybridized carbons (Fsp3) is 0.286. The third-order valence-corrected chi connectivity index (χ3v) is 5.04. The molecule has 2 aromatic carbocycles. The molecule has 1 saturated heterocycles. The van der Waals surface area contributed by atoms with E-state index < -0.39 is 0 Å². The molecule has 2 atom stereocenters. The van der Waals surface area contributed by atoms with Crippen LogP contribution in [0.3, 0.4) is 0 Å². The van der Waals surface area contributed by atoms with Crippen LogP contribution >= 0.6 is 0 Å². The first-order chi connectivity index (χ1) is 13.1. The highest BCUT2D eigenvalue weighted by atomic mass is 16.5. The Morgan fingerprint density at radius 2 is 1.89 bits per heavy atom. The molecule has 0 aliphatic carbocycles. The Hall–Kier alpha value is -3.15. The van der Waals surface area contributed by atoms with E-state index in [-0.39, 0.29) is 36.0 Å². The number of anilines is 1. The number of nitrogens with one attached hydrogen (secondary N) is 2. The summed E-state index contributed by atoms with van der Waals surface area (Å²) in [6.07, 6.45) is 1.39. The second-order valence-corrected chi connectivity index (χ2v) is 6.93. The topological polar surface area (TPSA) is 84.5 Å². The first-order valence-electron chi connectivity index (χ1n) is 9.05. The van der Waals surface area contributed by atoms with Crippen molar-refractivity contribution in [3.05, 3.63) is 59.7 Å². The van der Waals surface area contributed by atoms with Gasteiger partial charge in [-0.15, -0.1) is 0 Å². The van der Waals surface area contributed by atoms with Crippen LogP contribution in [0.2, 0.25) is 0 Å². The standard InChI is InChI=1S/C21H20N2O4/c24-19-12-14(20(25)23-19)11-13-5-7-15(8-6-13)22-21(26)17-9-10-27-18-4-2-1-3-16(17)18/h1-8,14,17H,9-12H2,(H,22,26)(H,23,24,25)/t14-,17+/m1/s1. The lowest BCUT2D eigenvalue weighted by molar-refractivity contribution is -0.125. The molecule has 0 aromatic heterocycles. The van der Waals surface area contributed by atoms with Gasteiger partial charge in [0.05, 0.1) is 18.4 Å². The van der Waals surface area contributed by atoms with E-state index >= 15 is 0 Å². The molecule has 138 valence electrons. The molecule has 0 radical (unpaired) electrons. The lowest BCUT2D eigenvalue weighted by atomic mass is 9.92. The van der Waals surface area contributed by atoms with Gasteiger partial charge in [-0.1, -0.05) is 30.3 Å². The molecular weight excluding hydrogens is 344 g/mol. The van der Waals surface area contributed by atoms with E-state index in [4.69, 9.17) is 4.74 Å². The van der Waals surface area contributed by atoms with Gasteiger partial charge >= 0.3 is 0 Å². The Bertz CT molecular complexity index is 891. The summed E-state index contributed by atoms with van der Waals surface area (Å²) >= 11 is 0. The van der Waals surface area contributed by atoms with Crippen LogP contribution in [-0.4, -0.2) is 24.3 Å². The van der Waals surface area contributed by atoms with Gasteiger partial charge in [0.1, 0.15) is 5.75 Å². The van der Waals surface area contributed by atoms with E-state index in [2.05, 4.69) is 10.6 Å². The summed E-state index contributed by atoms with van der Waals surface area (Å²) in [5, 5.41) is 5.29. The number of amides is 3. The number of ether oxygens (including phenoxy) is 1. The maximum absolute atomic E-state index is 12.7. The number of hydrogen-bond donors (Lipinski definition) is 2. The fourth-order valence-corrected chi connectivity index (χ4v) is 3.62. The van der Waals surface area contributed by atoms with Crippen molar-refractivity contribution in [2.75, 3.05) is 11.9 Å². The molecule has 2 N–H and O–H groups in total. The van der Waals surface area contributed by atoms with Crippen molar-refractivity contribution in [1.82, 2.24) is 5.32 Å². The molecule has 3 amide bonds. The summed E-state index contributed by atoms with van der Waals surface area (Å²) in [6.45, 7) is 0.524. The Morgan fingerprint density at radius 3 is 2.63 bits per heavy atom. The van der Waals surface area contributed by atoms with E-state index in [1.807, 2.05) is 48.5 Å². The first kappa shape index (κ1) is 17.3. The van der Waals surface area contributed by atoms with Crippen LogP contribution in [-0.2, 0) is 20.8 Å². The molecule has 2 aliphatic heterocycles. The van der Waals surface area contributed by atoms with Crippen molar-refractivity contribution in [1.29, 1.82) is 0 Å². The van der Waals surface area contributed by atoms with Crippen molar-refractivity contribution in [3.63, 3.8) is 0 Å². The van der Waals surface area contributed by atoms with Crippen LogP contribution < -0.4 is 15.4 Å². The van der Waals surface area contributed by atoms with Crippen LogP contribution in [0, 0.1) is 5.92 Å². The van der Waals surface area contributed by atoms with E-state index in [0.717, 1.165) is 16.9 Å². The van der Waals surface area contributed by atoms with E-state index in [1.54, 1.807) is 0 Å². The highest BCUT2D eigenvalue weighted by Crippen LogP contribution is 2.34. The lowest BCUT2D eigenvalue weighted by Crippen LogP contribution is -2.26. The SMILES string of the molecule is O=C1C[C@@H](Cc2ccc(NC(=O)[C@H]3CCOc4ccccc43)cc2)C(=O)N1. The largest absolute Gasteiger partial charge is 0.493 e. The van der Waals surface area contributed by atoms with Gasteiger partial charge in [-0.25, -0.2) is 0 Å². The zero-order valence-corrected chi connectivity index (χ0v) is 14.7. The van der Waals surface area contributed by atoms with E-state index in [9.17, 15) is 14.4 Å². The van der Waals surface area contributed by atoms with Gasteiger partial charge in [0, 0.05) is 17.7 Å². The summed E-state index contributed by atoms with van der Waals surface area (Å²) < 4.78 is 5.61. The van der Waals surface area contributed by atoms with E-state index in [1.165, 1.54) is 0 Å². The average molecular weight is 364 g/mol. The van der Waals surface area contributed by atoms with Crippen LogP contribution in [0.15, 0.2) is 48.5 Å². The van der Waals surface area contributed by atoms with E-state index in [0.29, 0.717) is 25.1 Å². The van der Waals surface area contributed by atoms with Crippen LogP contribution in [0.5, 0.6) is 5.75 Å². The molecule has 0 unspecified atom stereocenters. The Morgan fingerprint density at radius 1 is 1.11 bits per heavy atom. The molecule has 6 nitrogen and oxygen atoms in total. The molecule has 6 heteroatoms. The van der Waals surface area contributed by atoms with Gasteiger partial charge in [-0.05, 0) is 36.6 Å². The molecule has 4 rings (SSSR count). The van der Waals surface area contributed by atoms with Crippen molar-refractivity contribution >= 4 is 23.4 Å². The smallest absolute Gasteiger partial charge is 0.232 e. The summed E-state index contributed by atoms with van der Waals surface area (Å²) in [6, 6.07) is 15.0. The van der Waals surface area contributed by atoms with Crippen molar-refractivity contribution in [3.8, 4) is 5.75 Å². The average Bonchev–Trinajstić information content (AvgIpc) is 2.99. The molecule has 0 spiro atoms. The highest BCUT2D eigenvalue weighted by Gasteiger charge is 2.30. The Balaban J connectivity index is 1.41. The summed E-state index contributed by atoms with van der Waals surface area (Å²) in [5.74, 6) is -0.261. The van der Waals surface area contributed by atoms with Crippen molar-refractivity contribution < 1.29 is 19.1 Å². The zero-order chi connectivity index (χ0) is 18.8. The monoisotopic (exact) mass is 364 g/mol. The highest BCUT2D eigenvalue weighted by molar-refractivity contribution is 6.03. The number of fused-ring (bicyclic) bond motifs is 1. The molecular formula is C21H20N2O4. The number of carbonyl (C=O) groups excluding carboxylic acids is 3. The number of imide groups is 1. The van der Waals surface area contributed by atoms with Gasteiger partial charge in [0.2, 0.25) is 17.7 Å². The summed E-state index contributed by atoms with van der Waals surface area (Å²) in [4.78, 5) is 35.7.